The number of hydrogen-bond acceptors (Lipinski definition) is 2. The van der Waals surface area contributed by atoms with E-state index in [1.165, 1.54) is 12.8 Å². The summed E-state index contributed by atoms with van der Waals surface area (Å²) in [6, 6.07) is 7.78. The summed E-state index contributed by atoms with van der Waals surface area (Å²) in [7, 11) is 0. The molecule has 3 rings (SSSR count). The molecule has 3 heteroatoms. The van der Waals surface area contributed by atoms with E-state index in [-0.39, 0.29) is 17.4 Å². The maximum absolute atomic E-state index is 12.7. The molecule has 0 radical (unpaired) electrons. The van der Waals surface area contributed by atoms with E-state index in [2.05, 4.69) is 26.1 Å². The maximum Gasteiger partial charge on any atom is 0.255 e. The van der Waals surface area contributed by atoms with E-state index in [9.17, 15) is 4.79 Å². The number of para-hydroxylation sites is 1. The largest absolute Gasteiger partial charge is 0.493 e. The number of ether oxygens (including phenoxy) is 1. The van der Waals surface area contributed by atoms with Gasteiger partial charge in [-0.05, 0) is 55.1 Å². The molecule has 0 heterocycles. The Morgan fingerprint density at radius 3 is 2.64 bits per heavy atom. The van der Waals surface area contributed by atoms with Gasteiger partial charge < -0.3 is 10.1 Å². The minimum absolute atomic E-state index is 0.00127. The molecule has 120 valence electrons. The SMILES string of the molecule is CCOc1ccccc1C(=O)N[C@H]1C[C@H]2CC[C@@]1(C)C2(C)C. The molecule has 2 aliphatic carbocycles. The number of benzene rings is 1. The standard InChI is InChI=1S/C19H27NO2/c1-5-22-15-9-7-6-8-14(15)17(21)20-16-12-13-10-11-19(16,4)18(13,2)3/h6-9,13,16H,5,10-12H2,1-4H3,(H,20,21)/t13-,16+,19-/m1/s1. The molecule has 3 nitrogen and oxygen atoms in total. The summed E-state index contributed by atoms with van der Waals surface area (Å²) in [5.41, 5.74) is 1.16. The van der Waals surface area contributed by atoms with Gasteiger partial charge in [0.05, 0.1) is 12.2 Å². The third-order valence-electron chi connectivity index (χ3n) is 6.53. The lowest BCUT2D eigenvalue weighted by Gasteiger charge is -2.39. The Kier molecular flexibility index (Phi) is 3.70. The molecular formula is C19H27NO2. The second-order valence-corrected chi connectivity index (χ2v) is 7.57. The second kappa shape index (κ2) is 5.29. The van der Waals surface area contributed by atoms with Crippen LogP contribution in [-0.4, -0.2) is 18.6 Å². The van der Waals surface area contributed by atoms with E-state index in [0.29, 0.717) is 23.3 Å². The van der Waals surface area contributed by atoms with Crippen LogP contribution in [0.3, 0.4) is 0 Å². The predicted octanol–water partition coefficient (Wildman–Crippen LogP) is 4.03. The third kappa shape index (κ3) is 2.13. The lowest BCUT2D eigenvalue weighted by Crippen LogP contribution is -2.46. The van der Waals surface area contributed by atoms with Crippen LogP contribution in [0.5, 0.6) is 5.75 Å². The zero-order valence-corrected chi connectivity index (χ0v) is 14.1. The molecule has 0 aromatic heterocycles. The molecule has 1 amide bonds. The first-order valence-corrected chi connectivity index (χ1v) is 8.43. The average Bonchev–Trinajstić information content (AvgIpc) is 2.81. The zero-order valence-electron chi connectivity index (χ0n) is 14.1. The smallest absolute Gasteiger partial charge is 0.255 e. The summed E-state index contributed by atoms with van der Waals surface area (Å²) in [6.45, 7) is 9.59. The number of nitrogens with one attached hydrogen (secondary N) is 1. The second-order valence-electron chi connectivity index (χ2n) is 7.57. The van der Waals surface area contributed by atoms with Crippen molar-refractivity contribution >= 4 is 5.91 Å². The van der Waals surface area contributed by atoms with Gasteiger partial charge >= 0.3 is 0 Å². The minimum atomic E-state index is -0.00127. The Labute approximate surface area is 133 Å². The molecule has 2 bridgehead atoms. The van der Waals surface area contributed by atoms with Crippen molar-refractivity contribution in [3.63, 3.8) is 0 Å². The van der Waals surface area contributed by atoms with Crippen LogP contribution < -0.4 is 10.1 Å². The number of amides is 1. The van der Waals surface area contributed by atoms with Gasteiger partial charge in [0.2, 0.25) is 0 Å². The van der Waals surface area contributed by atoms with Crippen molar-refractivity contribution in [2.45, 2.75) is 53.0 Å². The first kappa shape index (κ1) is 15.4. The van der Waals surface area contributed by atoms with Crippen molar-refractivity contribution in [3.05, 3.63) is 29.8 Å². The van der Waals surface area contributed by atoms with Crippen LogP contribution in [0.1, 0.15) is 57.3 Å². The van der Waals surface area contributed by atoms with Gasteiger partial charge in [-0.25, -0.2) is 0 Å². The Morgan fingerprint density at radius 2 is 2.05 bits per heavy atom. The molecule has 0 unspecified atom stereocenters. The van der Waals surface area contributed by atoms with Gasteiger partial charge in [-0.3, -0.25) is 4.79 Å². The third-order valence-corrected chi connectivity index (χ3v) is 6.53. The Bertz CT molecular complexity index is 581. The van der Waals surface area contributed by atoms with Crippen LogP contribution in [0.2, 0.25) is 0 Å². The van der Waals surface area contributed by atoms with Crippen LogP contribution in [0.4, 0.5) is 0 Å². The van der Waals surface area contributed by atoms with E-state index in [0.717, 1.165) is 12.3 Å². The van der Waals surface area contributed by atoms with Gasteiger partial charge in [0.15, 0.2) is 0 Å². The fourth-order valence-corrected chi connectivity index (χ4v) is 4.59. The highest BCUT2D eigenvalue weighted by molar-refractivity contribution is 5.97. The Hall–Kier alpha value is -1.51. The summed E-state index contributed by atoms with van der Waals surface area (Å²) in [5.74, 6) is 1.40. The van der Waals surface area contributed by atoms with Gasteiger partial charge in [0.25, 0.3) is 5.91 Å². The molecule has 1 aromatic rings. The van der Waals surface area contributed by atoms with Gasteiger partial charge in [-0.2, -0.15) is 0 Å². The zero-order chi connectivity index (χ0) is 16.0. The first-order valence-electron chi connectivity index (χ1n) is 8.43. The van der Waals surface area contributed by atoms with Crippen molar-refractivity contribution in [1.82, 2.24) is 5.32 Å². The summed E-state index contributed by atoms with van der Waals surface area (Å²) in [4.78, 5) is 12.7. The lowest BCUT2D eigenvalue weighted by molar-refractivity contribution is 0.0823. The quantitative estimate of drug-likeness (QED) is 0.912. The van der Waals surface area contributed by atoms with Crippen LogP contribution >= 0.6 is 0 Å². The molecule has 0 saturated heterocycles. The molecule has 2 fully saturated rings. The first-order chi connectivity index (χ1) is 10.4. The van der Waals surface area contributed by atoms with E-state index < -0.39 is 0 Å². The molecule has 2 saturated carbocycles. The van der Waals surface area contributed by atoms with E-state index in [1.54, 1.807) is 0 Å². The summed E-state index contributed by atoms with van der Waals surface area (Å²) >= 11 is 0. The van der Waals surface area contributed by atoms with E-state index >= 15 is 0 Å². The van der Waals surface area contributed by atoms with Crippen molar-refractivity contribution in [3.8, 4) is 5.75 Å². The van der Waals surface area contributed by atoms with Gasteiger partial charge in [0, 0.05) is 6.04 Å². The molecule has 22 heavy (non-hydrogen) atoms. The van der Waals surface area contributed by atoms with Crippen LogP contribution in [0, 0.1) is 16.7 Å². The lowest BCUT2D eigenvalue weighted by atomic mass is 9.69. The molecule has 0 spiro atoms. The van der Waals surface area contributed by atoms with Crippen molar-refractivity contribution in [2.75, 3.05) is 6.61 Å². The Balaban J connectivity index is 1.79. The number of carbonyl (C=O) groups excluding carboxylic acids is 1. The maximum atomic E-state index is 12.7. The summed E-state index contributed by atoms with van der Waals surface area (Å²) in [6.07, 6.45) is 3.61. The molecule has 0 aliphatic heterocycles. The van der Waals surface area contributed by atoms with Crippen LogP contribution in [0.25, 0.3) is 0 Å². The fourth-order valence-electron chi connectivity index (χ4n) is 4.59. The Morgan fingerprint density at radius 1 is 1.32 bits per heavy atom. The average molecular weight is 301 g/mol. The van der Waals surface area contributed by atoms with Crippen LogP contribution in [-0.2, 0) is 0 Å². The minimum Gasteiger partial charge on any atom is -0.493 e. The number of hydrogen-bond donors (Lipinski definition) is 1. The normalized spacial score (nSPS) is 32.0. The van der Waals surface area contributed by atoms with E-state index in [4.69, 9.17) is 4.74 Å². The van der Waals surface area contributed by atoms with Gasteiger partial charge in [-0.1, -0.05) is 32.9 Å². The predicted molar refractivity (Wildman–Crippen MR) is 88.1 cm³/mol. The van der Waals surface area contributed by atoms with Crippen LogP contribution in [0.15, 0.2) is 24.3 Å². The highest BCUT2D eigenvalue weighted by atomic mass is 16.5. The summed E-state index contributed by atoms with van der Waals surface area (Å²) < 4.78 is 5.59. The van der Waals surface area contributed by atoms with Crippen molar-refractivity contribution in [2.24, 2.45) is 16.7 Å². The molecule has 3 atom stereocenters. The van der Waals surface area contributed by atoms with E-state index in [1.807, 2.05) is 31.2 Å². The monoisotopic (exact) mass is 301 g/mol. The van der Waals surface area contributed by atoms with Crippen molar-refractivity contribution < 1.29 is 9.53 Å². The van der Waals surface area contributed by atoms with Gasteiger partial charge in [-0.15, -0.1) is 0 Å². The molecule has 1 aromatic carbocycles. The van der Waals surface area contributed by atoms with Crippen molar-refractivity contribution in [1.29, 1.82) is 0 Å². The number of rotatable bonds is 4. The van der Waals surface area contributed by atoms with Gasteiger partial charge in [0.1, 0.15) is 5.75 Å². The molecule has 1 N–H and O–H groups in total. The highest BCUT2D eigenvalue weighted by Crippen LogP contribution is 2.65. The summed E-state index contributed by atoms with van der Waals surface area (Å²) in [5, 5.41) is 3.30. The number of carbonyl (C=O) groups is 1. The molecular weight excluding hydrogens is 274 g/mol. The molecule has 2 aliphatic rings. The topological polar surface area (TPSA) is 38.3 Å². The fraction of sp³-hybridized carbons (Fsp3) is 0.632. The number of fused-ring (bicyclic) bond motifs is 2. The highest BCUT2D eigenvalue weighted by Gasteiger charge is 2.61.